The number of hydrogen-bond acceptors (Lipinski definition) is 5. The van der Waals surface area contributed by atoms with Gasteiger partial charge in [0.05, 0.1) is 0 Å². The second kappa shape index (κ2) is 7.47. The fourth-order valence-corrected chi connectivity index (χ4v) is 2.15. The molecule has 0 atom stereocenters. The Labute approximate surface area is 126 Å². The van der Waals surface area contributed by atoms with Crippen molar-refractivity contribution in [1.29, 1.82) is 0 Å². The number of nitrogens with zero attached hydrogens (tertiary/aromatic N) is 3. The molecule has 0 bridgehead atoms. The Kier molecular flexibility index (Phi) is 5.37. The number of nitrogens with one attached hydrogen (secondary N) is 1. The fraction of sp³-hybridized carbons (Fsp3) is 0.375. The van der Waals surface area contributed by atoms with Gasteiger partial charge in [-0.1, -0.05) is 43.7 Å². The Morgan fingerprint density at radius 3 is 2.67 bits per heavy atom. The minimum absolute atomic E-state index is 0.604. The largest absolute Gasteiger partial charge is 0.393 e. The highest BCUT2D eigenvalue weighted by Crippen LogP contribution is 2.26. The molecule has 1 aromatic carbocycles. The number of aromatic nitrogens is 2. The van der Waals surface area contributed by atoms with Gasteiger partial charge in [-0.2, -0.15) is 0 Å². The van der Waals surface area contributed by atoms with Gasteiger partial charge in [0.25, 0.3) is 0 Å². The molecular formula is C16H23N5. The van der Waals surface area contributed by atoms with Gasteiger partial charge in [0.2, 0.25) is 0 Å². The van der Waals surface area contributed by atoms with Crippen molar-refractivity contribution in [2.24, 2.45) is 0 Å². The van der Waals surface area contributed by atoms with Crippen LogP contribution in [0.1, 0.15) is 25.3 Å². The summed E-state index contributed by atoms with van der Waals surface area (Å²) in [6, 6.07) is 10.3. The molecule has 5 heteroatoms. The van der Waals surface area contributed by atoms with Gasteiger partial charge >= 0.3 is 0 Å². The molecule has 112 valence electrons. The van der Waals surface area contributed by atoms with Crippen LogP contribution in [0.15, 0.2) is 36.7 Å². The van der Waals surface area contributed by atoms with Crippen LogP contribution < -0.4 is 16.0 Å². The standard InChI is InChI=1S/C16H23N5/c1-3-4-10-18-15-14(17)16(20-12-19-15)21(2)11-13-8-6-5-7-9-13/h5-9,12H,3-4,10-11,17H2,1-2H3,(H,18,19,20). The van der Waals surface area contributed by atoms with E-state index in [2.05, 4.69) is 34.3 Å². The highest BCUT2D eigenvalue weighted by molar-refractivity contribution is 5.74. The Balaban J connectivity index is 2.10. The summed E-state index contributed by atoms with van der Waals surface area (Å²) in [5.74, 6) is 1.47. The monoisotopic (exact) mass is 285 g/mol. The van der Waals surface area contributed by atoms with Crippen LogP contribution in [-0.2, 0) is 6.54 Å². The number of rotatable bonds is 7. The van der Waals surface area contributed by atoms with Crippen molar-refractivity contribution < 1.29 is 0 Å². The van der Waals surface area contributed by atoms with Gasteiger partial charge in [0.1, 0.15) is 12.0 Å². The molecule has 0 aliphatic carbocycles. The van der Waals surface area contributed by atoms with Crippen molar-refractivity contribution in [3.05, 3.63) is 42.2 Å². The van der Waals surface area contributed by atoms with Crippen molar-refractivity contribution >= 4 is 17.3 Å². The second-order valence-electron chi connectivity index (χ2n) is 5.08. The molecule has 0 fully saturated rings. The van der Waals surface area contributed by atoms with E-state index in [4.69, 9.17) is 5.73 Å². The van der Waals surface area contributed by atoms with E-state index < -0.39 is 0 Å². The lowest BCUT2D eigenvalue weighted by atomic mass is 10.2. The maximum atomic E-state index is 6.19. The third-order valence-electron chi connectivity index (χ3n) is 3.31. The van der Waals surface area contributed by atoms with Gasteiger partial charge in [-0.25, -0.2) is 9.97 Å². The zero-order chi connectivity index (χ0) is 15.1. The third kappa shape index (κ3) is 4.08. The number of benzene rings is 1. The summed E-state index contributed by atoms with van der Waals surface area (Å²) >= 11 is 0. The lowest BCUT2D eigenvalue weighted by Gasteiger charge is -2.21. The molecule has 0 saturated carbocycles. The average Bonchev–Trinajstić information content (AvgIpc) is 2.50. The van der Waals surface area contributed by atoms with Crippen LogP contribution in [0.25, 0.3) is 0 Å². The first-order valence-corrected chi connectivity index (χ1v) is 7.31. The lowest BCUT2D eigenvalue weighted by molar-refractivity contribution is 0.829. The first-order chi connectivity index (χ1) is 10.2. The molecule has 1 heterocycles. The van der Waals surface area contributed by atoms with Crippen molar-refractivity contribution in [2.75, 3.05) is 29.5 Å². The maximum Gasteiger partial charge on any atom is 0.157 e. The van der Waals surface area contributed by atoms with Crippen LogP contribution in [0.3, 0.4) is 0 Å². The molecule has 1 aromatic heterocycles. The molecule has 0 unspecified atom stereocenters. The maximum absolute atomic E-state index is 6.19. The molecule has 2 rings (SSSR count). The van der Waals surface area contributed by atoms with E-state index >= 15 is 0 Å². The molecule has 0 radical (unpaired) electrons. The molecule has 0 aliphatic heterocycles. The van der Waals surface area contributed by atoms with Crippen molar-refractivity contribution in [3.63, 3.8) is 0 Å². The summed E-state index contributed by atoms with van der Waals surface area (Å²) in [6.45, 7) is 3.79. The Morgan fingerprint density at radius 2 is 1.95 bits per heavy atom. The van der Waals surface area contributed by atoms with E-state index in [-0.39, 0.29) is 0 Å². The molecule has 0 aliphatic rings. The first kappa shape index (κ1) is 15.1. The second-order valence-corrected chi connectivity index (χ2v) is 5.08. The molecule has 0 saturated heterocycles. The Hall–Kier alpha value is -2.30. The molecule has 3 N–H and O–H groups in total. The van der Waals surface area contributed by atoms with Gasteiger partial charge in [-0.3, -0.25) is 0 Å². The zero-order valence-electron chi connectivity index (χ0n) is 12.7. The van der Waals surface area contributed by atoms with Gasteiger partial charge in [-0.05, 0) is 12.0 Å². The van der Waals surface area contributed by atoms with E-state index in [1.807, 2.05) is 30.1 Å². The number of nitrogens with two attached hydrogens (primary N) is 1. The molecule has 2 aromatic rings. The van der Waals surface area contributed by atoms with Crippen LogP contribution in [0.2, 0.25) is 0 Å². The zero-order valence-corrected chi connectivity index (χ0v) is 12.7. The highest BCUT2D eigenvalue weighted by atomic mass is 15.2. The van der Waals surface area contributed by atoms with Crippen LogP contribution in [0, 0.1) is 0 Å². The minimum Gasteiger partial charge on any atom is -0.393 e. The molecule has 5 nitrogen and oxygen atoms in total. The number of hydrogen-bond donors (Lipinski definition) is 2. The van der Waals surface area contributed by atoms with Gasteiger partial charge in [-0.15, -0.1) is 0 Å². The fourth-order valence-electron chi connectivity index (χ4n) is 2.15. The average molecular weight is 285 g/mol. The van der Waals surface area contributed by atoms with Crippen molar-refractivity contribution in [2.45, 2.75) is 26.3 Å². The quantitative estimate of drug-likeness (QED) is 0.766. The predicted molar refractivity (Wildman–Crippen MR) is 88.4 cm³/mol. The Bertz CT molecular complexity index is 556. The van der Waals surface area contributed by atoms with Gasteiger partial charge < -0.3 is 16.0 Å². The number of unbranched alkanes of at least 4 members (excludes halogenated alkanes) is 1. The van der Waals surface area contributed by atoms with E-state index in [9.17, 15) is 0 Å². The van der Waals surface area contributed by atoms with Crippen LogP contribution in [0.4, 0.5) is 17.3 Å². The van der Waals surface area contributed by atoms with Crippen molar-refractivity contribution in [1.82, 2.24) is 9.97 Å². The third-order valence-corrected chi connectivity index (χ3v) is 3.31. The molecule has 21 heavy (non-hydrogen) atoms. The van der Waals surface area contributed by atoms with E-state index in [1.165, 1.54) is 5.56 Å². The summed E-state index contributed by atoms with van der Waals surface area (Å²) in [5.41, 5.74) is 8.02. The topological polar surface area (TPSA) is 67.1 Å². The number of anilines is 3. The SMILES string of the molecule is CCCCNc1ncnc(N(C)Cc2ccccc2)c1N. The molecule has 0 amide bonds. The lowest BCUT2D eigenvalue weighted by Crippen LogP contribution is -2.20. The summed E-state index contributed by atoms with van der Waals surface area (Å²) in [7, 11) is 1.99. The molecular weight excluding hydrogens is 262 g/mol. The highest BCUT2D eigenvalue weighted by Gasteiger charge is 2.12. The van der Waals surface area contributed by atoms with E-state index in [1.54, 1.807) is 6.33 Å². The van der Waals surface area contributed by atoms with Crippen LogP contribution in [-0.4, -0.2) is 23.6 Å². The van der Waals surface area contributed by atoms with Crippen molar-refractivity contribution in [3.8, 4) is 0 Å². The minimum atomic E-state index is 0.604. The Morgan fingerprint density at radius 1 is 1.19 bits per heavy atom. The van der Waals surface area contributed by atoms with Crippen LogP contribution in [0.5, 0.6) is 0 Å². The van der Waals surface area contributed by atoms with E-state index in [0.717, 1.165) is 31.7 Å². The summed E-state index contributed by atoms with van der Waals surface area (Å²) in [5, 5.41) is 3.27. The van der Waals surface area contributed by atoms with Crippen LogP contribution >= 0.6 is 0 Å². The predicted octanol–water partition coefficient (Wildman–Crippen LogP) is 2.91. The summed E-state index contributed by atoms with van der Waals surface area (Å²) < 4.78 is 0. The van der Waals surface area contributed by atoms with Gasteiger partial charge in [0, 0.05) is 20.1 Å². The normalized spacial score (nSPS) is 10.4. The molecule has 0 spiro atoms. The smallest absolute Gasteiger partial charge is 0.157 e. The summed E-state index contributed by atoms with van der Waals surface area (Å²) in [6.07, 6.45) is 3.79. The van der Waals surface area contributed by atoms with E-state index in [0.29, 0.717) is 11.5 Å². The first-order valence-electron chi connectivity index (χ1n) is 7.31. The number of nitrogen functional groups attached to an aromatic ring is 1. The summed E-state index contributed by atoms with van der Waals surface area (Å²) in [4.78, 5) is 10.6. The van der Waals surface area contributed by atoms with Gasteiger partial charge in [0.15, 0.2) is 11.6 Å².